The Balaban J connectivity index is 1.25. The second-order valence-electron chi connectivity index (χ2n) is 12.3. The molecule has 8 aromatic rings. The van der Waals surface area contributed by atoms with Gasteiger partial charge < -0.3 is 4.74 Å². The highest BCUT2D eigenvalue weighted by atomic mass is 32.3. The van der Waals surface area contributed by atoms with Crippen LogP contribution in [0.25, 0.3) is 45.3 Å². The quantitative estimate of drug-likeness (QED) is 0.174. The molecular weight excluding hydrogens is 657 g/mol. The van der Waals surface area contributed by atoms with Crippen molar-refractivity contribution in [3.63, 3.8) is 0 Å². The van der Waals surface area contributed by atoms with Gasteiger partial charge in [-0.1, -0.05) is 121 Å². The standard InChI is InChI=1S/C46H30N4OS/c47-31-35-18-10-11-25-39(35)46-49-44(32-16-4-1-5-17-32)48-45(50-46)34-20-14-19-33(30-34)38-26-15-29-42-43(38)51-40-27-12-13-28-41(40)52(42,36-21-6-2-7-22-36)37-23-8-3-9-24-37/h1-30H. The van der Waals surface area contributed by atoms with Gasteiger partial charge in [0.2, 0.25) is 0 Å². The maximum Gasteiger partial charge on any atom is 0.165 e. The Morgan fingerprint density at radius 3 is 1.69 bits per heavy atom. The van der Waals surface area contributed by atoms with Crippen molar-refractivity contribution < 1.29 is 4.74 Å². The fraction of sp³-hybridized carbons (Fsp3) is 0. The molecular formula is C46H30N4OS. The first-order valence-electron chi connectivity index (χ1n) is 17.0. The molecule has 1 aliphatic heterocycles. The minimum absolute atomic E-state index is 0.447. The lowest BCUT2D eigenvalue weighted by molar-refractivity contribution is 0.454. The second-order valence-corrected chi connectivity index (χ2v) is 15.4. The monoisotopic (exact) mass is 686 g/mol. The summed E-state index contributed by atoms with van der Waals surface area (Å²) in [6.07, 6.45) is 0. The maximum atomic E-state index is 9.92. The summed E-state index contributed by atoms with van der Waals surface area (Å²) in [5.74, 6) is 3.19. The van der Waals surface area contributed by atoms with Crippen LogP contribution >= 0.6 is 10.0 Å². The van der Waals surface area contributed by atoms with Gasteiger partial charge in [-0.3, -0.25) is 0 Å². The van der Waals surface area contributed by atoms with Gasteiger partial charge in [0.25, 0.3) is 0 Å². The van der Waals surface area contributed by atoms with E-state index in [2.05, 4.69) is 115 Å². The molecule has 246 valence electrons. The van der Waals surface area contributed by atoms with Crippen LogP contribution in [0.3, 0.4) is 0 Å². The molecule has 2 heterocycles. The number of para-hydroxylation sites is 2. The first-order valence-corrected chi connectivity index (χ1v) is 18.6. The van der Waals surface area contributed by atoms with E-state index in [0.29, 0.717) is 28.6 Å². The van der Waals surface area contributed by atoms with Gasteiger partial charge in [0, 0.05) is 41.8 Å². The molecule has 0 spiro atoms. The van der Waals surface area contributed by atoms with Gasteiger partial charge in [-0.05, 0) is 66.2 Å². The van der Waals surface area contributed by atoms with Crippen molar-refractivity contribution in [2.24, 2.45) is 0 Å². The van der Waals surface area contributed by atoms with Crippen LogP contribution in [0.1, 0.15) is 5.56 Å². The highest BCUT2D eigenvalue weighted by Gasteiger charge is 2.41. The summed E-state index contributed by atoms with van der Waals surface area (Å²) in [4.78, 5) is 19.6. The fourth-order valence-electron chi connectivity index (χ4n) is 6.94. The van der Waals surface area contributed by atoms with E-state index < -0.39 is 10.0 Å². The van der Waals surface area contributed by atoms with Crippen molar-refractivity contribution in [2.75, 3.05) is 0 Å². The van der Waals surface area contributed by atoms with E-state index in [9.17, 15) is 5.26 Å². The van der Waals surface area contributed by atoms with E-state index in [1.54, 1.807) is 6.07 Å². The van der Waals surface area contributed by atoms with Crippen LogP contribution in [0.15, 0.2) is 202 Å². The Bertz CT molecular complexity index is 2580. The van der Waals surface area contributed by atoms with Crippen LogP contribution in [-0.4, -0.2) is 15.0 Å². The summed E-state index contributed by atoms with van der Waals surface area (Å²) in [5.41, 5.74) is 4.80. The lowest BCUT2D eigenvalue weighted by Crippen LogP contribution is -2.12. The largest absolute Gasteiger partial charge is 0.454 e. The van der Waals surface area contributed by atoms with Crippen LogP contribution in [0.2, 0.25) is 0 Å². The van der Waals surface area contributed by atoms with Gasteiger partial charge in [0.05, 0.1) is 11.6 Å². The Hall–Kier alpha value is -6.81. The van der Waals surface area contributed by atoms with Crippen LogP contribution < -0.4 is 4.74 Å². The van der Waals surface area contributed by atoms with E-state index in [0.717, 1.165) is 38.6 Å². The van der Waals surface area contributed by atoms with Crippen molar-refractivity contribution in [3.05, 3.63) is 188 Å². The van der Waals surface area contributed by atoms with Crippen LogP contribution in [-0.2, 0) is 0 Å². The predicted octanol–water partition coefficient (Wildman–Crippen LogP) is 11.9. The molecule has 52 heavy (non-hydrogen) atoms. The molecule has 0 saturated carbocycles. The van der Waals surface area contributed by atoms with E-state index in [-0.39, 0.29) is 0 Å². The Morgan fingerprint density at radius 1 is 0.442 bits per heavy atom. The molecule has 0 fully saturated rings. The third-order valence-corrected chi connectivity index (χ3v) is 13.2. The summed E-state index contributed by atoms with van der Waals surface area (Å²) < 4.78 is 6.94. The number of benzene rings is 7. The number of ether oxygens (including phenoxy) is 1. The smallest absolute Gasteiger partial charge is 0.165 e. The number of hydrogen-bond acceptors (Lipinski definition) is 5. The van der Waals surface area contributed by atoms with E-state index in [1.807, 2.05) is 66.7 Å². The first-order chi connectivity index (χ1) is 25.7. The number of nitriles is 1. The third kappa shape index (κ3) is 5.23. The van der Waals surface area contributed by atoms with E-state index in [4.69, 9.17) is 19.7 Å². The first kappa shape index (κ1) is 31.2. The van der Waals surface area contributed by atoms with Crippen molar-refractivity contribution in [1.82, 2.24) is 15.0 Å². The number of fused-ring (bicyclic) bond motifs is 2. The van der Waals surface area contributed by atoms with Crippen LogP contribution in [0, 0.1) is 11.3 Å². The summed E-state index contributed by atoms with van der Waals surface area (Å²) in [5, 5.41) is 9.92. The lowest BCUT2D eigenvalue weighted by atomic mass is 10.0. The predicted molar refractivity (Wildman–Crippen MR) is 206 cm³/mol. The second kappa shape index (κ2) is 13.1. The van der Waals surface area contributed by atoms with Crippen LogP contribution in [0.4, 0.5) is 0 Å². The highest BCUT2D eigenvalue weighted by molar-refractivity contribution is 8.34. The minimum atomic E-state index is -1.93. The average molecular weight is 687 g/mol. The van der Waals surface area contributed by atoms with Gasteiger partial charge in [-0.25, -0.2) is 15.0 Å². The van der Waals surface area contributed by atoms with E-state index >= 15 is 0 Å². The molecule has 0 radical (unpaired) electrons. The molecule has 0 atom stereocenters. The zero-order valence-electron chi connectivity index (χ0n) is 27.9. The van der Waals surface area contributed by atoms with Crippen LogP contribution in [0.5, 0.6) is 11.5 Å². The SMILES string of the molecule is N#Cc1ccccc1-c1nc(-c2ccccc2)nc(-c2cccc(-c3cccc4c3Oc3ccccc3S4(c3ccccc3)c3ccccc3)c2)n1. The molecule has 0 amide bonds. The molecule has 9 rings (SSSR count). The average Bonchev–Trinajstić information content (AvgIpc) is 3.23. The summed E-state index contributed by atoms with van der Waals surface area (Å²) in [6.45, 7) is 0. The fourth-order valence-corrected chi connectivity index (χ4v) is 11.0. The molecule has 6 heteroatoms. The number of aromatic nitrogens is 3. The summed E-state index contributed by atoms with van der Waals surface area (Å²) in [6, 6.07) is 64.4. The zero-order valence-corrected chi connectivity index (χ0v) is 28.7. The molecule has 0 aliphatic carbocycles. The molecule has 0 unspecified atom stereocenters. The van der Waals surface area contributed by atoms with Gasteiger partial charge >= 0.3 is 0 Å². The van der Waals surface area contributed by atoms with Gasteiger partial charge in [0.15, 0.2) is 17.5 Å². The highest BCUT2D eigenvalue weighted by Crippen LogP contribution is 2.79. The van der Waals surface area contributed by atoms with Crippen molar-refractivity contribution >= 4 is 10.0 Å². The summed E-state index contributed by atoms with van der Waals surface area (Å²) in [7, 11) is -1.93. The molecule has 0 N–H and O–H groups in total. The Kier molecular flexibility index (Phi) is 7.88. The zero-order chi connectivity index (χ0) is 34.9. The van der Waals surface area contributed by atoms with E-state index in [1.165, 1.54) is 14.7 Å². The molecule has 7 aromatic carbocycles. The number of nitrogens with zero attached hydrogens (tertiary/aromatic N) is 4. The van der Waals surface area contributed by atoms with Crippen molar-refractivity contribution in [1.29, 1.82) is 5.26 Å². The maximum absolute atomic E-state index is 9.92. The lowest BCUT2D eigenvalue weighted by Gasteiger charge is -2.46. The minimum Gasteiger partial charge on any atom is -0.454 e. The summed E-state index contributed by atoms with van der Waals surface area (Å²) >= 11 is 0. The molecule has 5 nitrogen and oxygen atoms in total. The molecule has 0 bridgehead atoms. The van der Waals surface area contributed by atoms with Crippen molar-refractivity contribution in [3.8, 4) is 62.9 Å². The molecule has 1 aliphatic rings. The topological polar surface area (TPSA) is 71.7 Å². The third-order valence-electron chi connectivity index (χ3n) is 9.28. The molecule has 0 saturated heterocycles. The Morgan fingerprint density at radius 2 is 0.962 bits per heavy atom. The van der Waals surface area contributed by atoms with Gasteiger partial charge in [-0.2, -0.15) is 5.26 Å². The normalized spacial score (nSPS) is 13.1. The molecule has 1 aromatic heterocycles. The van der Waals surface area contributed by atoms with Gasteiger partial charge in [-0.15, -0.1) is 10.0 Å². The number of rotatable bonds is 6. The van der Waals surface area contributed by atoms with Gasteiger partial charge in [0.1, 0.15) is 11.5 Å². The van der Waals surface area contributed by atoms with Crippen molar-refractivity contribution in [2.45, 2.75) is 19.6 Å². The Labute approximate surface area is 303 Å². The number of hydrogen-bond donors (Lipinski definition) is 0.